The minimum atomic E-state index is 0.256. The van der Waals surface area contributed by atoms with Crippen molar-refractivity contribution in [1.29, 1.82) is 0 Å². The summed E-state index contributed by atoms with van der Waals surface area (Å²) in [6.45, 7) is 9.93. The predicted molar refractivity (Wildman–Crippen MR) is 95.7 cm³/mol. The Morgan fingerprint density at radius 3 is 2.43 bits per heavy atom. The lowest BCUT2D eigenvalue weighted by atomic mass is 10.1. The van der Waals surface area contributed by atoms with Crippen LogP contribution in [0.25, 0.3) is 0 Å². The van der Waals surface area contributed by atoms with Gasteiger partial charge in [-0.3, -0.25) is 0 Å². The van der Waals surface area contributed by atoms with Crippen LogP contribution in [0.2, 0.25) is 0 Å². The molecule has 5 heteroatoms. The lowest BCUT2D eigenvalue weighted by Gasteiger charge is -2.11. The highest BCUT2D eigenvalue weighted by molar-refractivity contribution is 5.79. The number of hydrogen-bond donors (Lipinski definition) is 2. The van der Waals surface area contributed by atoms with Crippen molar-refractivity contribution in [3.8, 4) is 0 Å². The second kappa shape index (κ2) is 11.9. The maximum atomic E-state index is 5.60. The second-order valence-electron chi connectivity index (χ2n) is 5.64. The molecule has 0 radical (unpaired) electrons. The van der Waals surface area contributed by atoms with Crippen LogP contribution in [0.15, 0.2) is 29.3 Å². The summed E-state index contributed by atoms with van der Waals surface area (Å²) >= 11 is 0. The van der Waals surface area contributed by atoms with Crippen LogP contribution in [0.1, 0.15) is 38.3 Å². The van der Waals surface area contributed by atoms with Crippen LogP contribution < -0.4 is 10.6 Å². The smallest absolute Gasteiger partial charge is 0.191 e. The number of hydrogen-bond acceptors (Lipinski definition) is 3. The number of nitrogens with zero attached hydrogens (tertiary/aromatic N) is 1. The molecule has 23 heavy (non-hydrogen) atoms. The number of rotatable bonds is 10. The van der Waals surface area contributed by atoms with Crippen LogP contribution in [-0.4, -0.2) is 38.9 Å². The molecule has 2 N–H and O–H groups in total. The van der Waals surface area contributed by atoms with E-state index in [2.05, 4.69) is 46.8 Å². The van der Waals surface area contributed by atoms with E-state index in [1.165, 1.54) is 11.1 Å². The lowest BCUT2D eigenvalue weighted by molar-refractivity contribution is 0.0657. The molecule has 0 unspecified atom stereocenters. The fraction of sp³-hybridized carbons (Fsp3) is 0.611. The van der Waals surface area contributed by atoms with Gasteiger partial charge in [-0.05, 0) is 38.3 Å². The summed E-state index contributed by atoms with van der Waals surface area (Å²) in [6, 6.07) is 8.42. The topological polar surface area (TPSA) is 54.9 Å². The first-order valence-corrected chi connectivity index (χ1v) is 8.36. The number of nitrogens with one attached hydrogen (secondary N) is 2. The summed E-state index contributed by atoms with van der Waals surface area (Å²) in [5.41, 5.74) is 2.38. The molecule has 0 fully saturated rings. The minimum absolute atomic E-state index is 0.256. The highest BCUT2D eigenvalue weighted by atomic mass is 16.5. The Kier molecular flexibility index (Phi) is 10.1. The van der Waals surface area contributed by atoms with Crippen molar-refractivity contribution in [2.45, 2.75) is 46.4 Å². The van der Waals surface area contributed by atoms with Crippen LogP contribution in [-0.2, 0) is 22.6 Å². The highest BCUT2D eigenvalue weighted by Gasteiger charge is 1.99. The van der Waals surface area contributed by atoms with Crippen LogP contribution in [0, 0.1) is 0 Å². The second-order valence-corrected chi connectivity index (χ2v) is 5.64. The molecule has 130 valence electrons. The molecular formula is C18H31N3O2. The van der Waals surface area contributed by atoms with Gasteiger partial charge in [0.25, 0.3) is 0 Å². The number of benzene rings is 1. The summed E-state index contributed by atoms with van der Waals surface area (Å²) in [4.78, 5) is 4.61. The van der Waals surface area contributed by atoms with E-state index < -0.39 is 0 Å². The van der Waals surface area contributed by atoms with Crippen molar-refractivity contribution < 1.29 is 9.47 Å². The summed E-state index contributed by atoms with van der Waals surface area (Å²) in [7, 11) is 1.72. The molecule has 0 aliphatic rings. The normalized spacial score (nSPS) is 11.8. The SMILES string of the molecule is CCNC(=NCc1ccc(COC(C)C)cc1)NCCCOC. The molecule has 0 aromatic heterocycles. The Hall–Kier alpha value is -1.59. The Bertz CT molecular complexity index is 444. The first-order chi connectivity index (χ1) is 11.2. The van der Waals surface area contributed by atoms with E-state index in [1.54, 1.807) is 7.11 Å². The zero-order valence-corrected chi connectivity index (χ0v) is 14.9. The van der Waals surface area contributed by atoms with Gasteiger partial charge in [-0.2, -0.15) is 0 Å². The molecule has 0 atom stereocenters. The fourth-order valence-corrected chi connectivity index (χ4v) is 1.94. The van der Waals surface area contributed by atoms with Gasteiger partial charge in [-0.25, -0.2) is 4.99 Å². The Balaban J connectivity index is 2.47. The number of methoxy groups -OCH3 is 1. The molecule has 1 rings (SSSR count). The van der Waals surface area contributed by atoms with Gasteiger partial charge in [-0.1, -0.05) is 24.3 Å². The van der Waals surface area contributed by atoms with E-state index in [1.807, 2.05) is 13.8 Å². The average molecular weight is 321 g/mol. The molecule has 0 aliphatic carbocycles. The van der Waals surface area contributed by atoms with Gasteiger partial charge in [0.05, 0.1) is 19.3 Å². The molecule has 0 spiro atoms. The molecule has 1 aromatic carbocycles. The van der Waals surface area contributed by atoms with Crippen molar-refractivity contribution in [2.24, 2.45) is 4.99 Å². The lowest BCUT2D eigenvalue weighted by Crippen LogP contribution is -2.38. The van der Waals surface area contributed by atoms with E-state index >= 15 is 0 Å². The van der Waals surface area contributed by atoms with E-state index in [9.17, 15) is 0 Å². The molecule has 5 nitrogen and oxygen atoms in total. The third kappa shape index (κ3) is 9.21. The van der Waals surface area contributed by atoms with E-state index in [4.69, 9.17) is 9.47 Å². The molecule has 1 aromatic rings. The summed E-state index contributed by atoms with van der Waals surface area (Å²) in [5.74, 6) is 0.843. The highest BCUT2D eigenvalue weighted by Crippen LogP contribution is 2.08. The minimum Gasteiger partial charge on any atom is -0.385 e. The first-order valence-electron chi connectivity index (χ1n) is 8.36. The van der Waals surface area contributed by atoms with Crippen LogP contribution >= 0.6 is 0 Å². The fourth-order valence-electron chi connectivity index (χ4n) is 1.94. The molecule has 0 bridgehead atoms. The van der Waals surface area contributed by atoms with Crippen molar-refractivity contribution in [3.05, 3.63) is 35.4 Å². The molecular weight excluding hydrogens is 290 g/mol. The van der Waals surface area contributed by atoms with Crippen molar-refractivity contribution in [3.63, 3.8) is 0 Å². The zero-order chi connectivity index (χ0) is 16.9. The third-order valence-corrected chi connectivity index (χ3v) is 3.19. The van der Waals surface area contributed by atoms with Crippen LogP contribution in [0.5, 0.6) is 0 Å². The van der Waals surface area contributed by atoms with Crippen molar-refractivity contribution in [1.82, 2.24) is 10.6 Å². The first kappa shape index (κ1) is 19.5. The predicted octanol–water partition coefficient (Wildman–Crippen LogP) is 2.70. The maximum Gasteiger partial charge on any atom is 0.191 e. The van der Waals surface area contributed by atoms with Gasteiger partial charge in [0.1, 0.15) is 0 Å². The molecule has 0 saturated heterocycles. The quantitative estimate of drug-likeness (QED) is 0.395. The average Bonchev–Trinajstić information content (AvgIpc) is 2.55. The number of ether oxygens (including phenoxy) is 2. The van der Waals surface area contributed by atoms with Gasteiger partial charge in [0.2, 0.25) is 0 Å². The summed E-state index contributed by atoms with van der Waals surface area (Å²) in [6.07, 6.45) is 1.22. The Labute approximate surface area is 140 Å². The monoisotopic (exact) mass is 321 g/mol. The standard InChI is InChI=1S/C18H31N3O2/c1-5-19-18(20-11-6-12-22-4)21-13-16-7-9-17(10-8-16)14-23-15(2)3/h7-10,15H,5-6,11-14H2,1-4H3,(H2,19,20,21). The van der Waals surface area contributed by atoms with Gasteiger partial charge in [-0.15, -0.1) is 0 Å². The number of guanidine groups is 1. The van der Waals surface area contributed by atoms with E-state index in [0.29, 0.717) is 13.2 Å². The Morgan fingerprint density at radius 1 is 1.13 bits per heavy atom. The van der Waals surface area contributed by atoms with Crippen LogP contribution in [0.4, 0.5) is 0 Å². The molecule has 0 heterocycles. The maximum absolute atomic E-state index is 5.60. The van der Waals surface area contributed by atoms with Crippen LogP contribution in [0.3, 0.4) is 0 Å². The third-order valence-electron chi connectivity index (χ3n) is 3.19. The van der Waals surface area contributed by atoms with Crippen molar-refractivity contribution in [2.75, 3.05) is 26.8 Å². The molecule has 0 amide bonds. The molecule has 0 aliphatic heterocycles. The summed E-state index contributed by atoms with van der Waals surface area (Å²) < 4.78 is 10.7. The van der Waals surface area contributed by atoms with Gasteiger partial charge in [0, 0.05) is 26.8 Å². The van der Waals surface area contributed by atoms with Gasteiger partial charge in [0.15, 0.2) is 5.96 Å². The van der Waals surface area contributed by atoms with E-state index in [0.717, 1.165) is 32.1 Å². The van der Waals surface area contributed by atoms with Gasteiger partial charge >= 0.3 is 0 Å². The van der Waals surface area contributed by atoms with Gasteiger partial charge < -0.3 is 20.1 Å². The number of aliphatic imine (C=N–C) groups is 1. The van der Waals surface area contributed by atoms with E-state index in [-0.39, 0.29) is 6.10 Å². The summed E-state index contributed by atoms with van der Waals surface area (Å²) in [5, 5.41) is 6.56. The largest absolute Gasteiger partial charge is 0.385 e. The Morgan fingerprint density at radius 2 is 1.83 bits per heavy atom. The molecule has 0 saturated carbocycles. The zero-order valence-electron chi connectivity index (χ0n) is 14.9. The van der Waals surface area contributed by atoms with Crippen molar-refractivity contribution >= 4 is 5.96 Å².